The number of carboxylic acids is 1. The van der Waals surface area contributed by atoms with Gasteiger partial charge in [-0.05, 0) is 44.4 Å². The van der Waals surface area contributed by atoms with E-state index in [9.17, 15) is 19.5 Å². The number of H-pyrrole nitrogens is 1. The fourth-order valence-corrected chi connectivity index (χ4v) is 4.12. The Balaban J connectivity index is 1.85. The Hall–Kier alpha value is -3.68. The molecule has 8 nitrogen and oxygen atoms in total. The molecule has 8 heteroatoms. The maximum atomic E-state index is 13.7. The zero-order valence-corrected chi connectivity index (χ0v) is 19.3. The van der Waals surface area contributed by atoms with Gasteiger partial charge in [-0.1, -0.05) is 36.9 Å². The second-order valence-corrected chi connectivity index (χ2v) is 8.37. The van der Waals surface area contributed by atoms with Gasteiger partial charge < -0.3 is 14.9 Å². The Bertz CT molecular complexity index is 1150. The number of aromatic nitrogens is 2. The van der Waals surface area contributed by atoms with E-state index in [0.29, 0.717) is 24.1 Å². The van der Waals surface area contributed by atoms with E-state index in [1.165, 1.54) is 4.90 Å². The van der Waals surface area contributed by atoms with Gasteiger partial charge in [-0.2, -0.15) is 5.10 Å². The number of allylic oxidation sites excluding steroid dienone is 3. The maximum Gasteiger partial charge on any atom is 0.305 e. The molecule has 1 fully saturated rings. The highest BCUT2D eigenvalue weighted by Crippen LogP contribution is 2.35. The molecule has 0 bridgehead atoms. The van der Waals surface area contributed by atoms with E-state index in [1.807, 2.05) is 31.2 Å². The third kappa shape index (κ3) is 4.89. The van der Waals surface area contributed by atoms with Crippen molar-refractivity contribution < 1.29 is 19.5 Å². The highest BCUT2D eigenvalue weighted by Gasteiger charge is 2.51. The number of amides is 2. The first-order valence-corrected chi connectivity index (χ1v) is 10.9. The van der Waals surface area contributed by atoms with Gasteiger partial charge in [-0.3, -0.25) is 19.5 Å². The lowest BCUT2D eigenvalue weighted by atomic mass is 9.83. The second kappa shape index (κ2) is 9.85. The number of hydrogen-bond donors (Lipinski definition) is 2. The summed E-state index contributed by atoms with van der Waals surface area (Å²) in [7, 11) is 0. The third-order valence-corrected chi connectivity index (χ3v) is 6.12. The van der Waals surface area contributed by atoms with Gasteiger partial charge in [0, 0.05) is 30.6 Å². The molecule has 2 aromatic rings. The monoisotopic (exact) mass is 450 g/mol. The van der Waals surface area contributed by atoms with Crippen molar-refractivity contribution in [2.75, 3.05) is 13.1 Å². The molecule has 0 aliphatic carbocycles. The number of hydrogen-bond acceptors (Lipinski definition) is 4. The van der Waals surface area contributed by atoms with Gasteiger partial charge in [0.05, 0.1) is 18.1 Å². The van der Waals surface area contributed by atoms with Crippen molar-refractivity contribution in [2.45, 2.75) is 45.7 Å². The number of fused-ring (bicyclic) bond motifs is 1. The Morgan fingerprint density at radius 1 is 1.33 bits per heavy atom. The van der Waals surface area contributed by atoms with Gasteiger partial charge in [0.1, 0.15) is 5.54 Å². The van der Waals surface area contributed by atoms with Crippen molar-refractivity contribution in [3.05, 3.63) is 65.9 Å². The molecule has 1 saturated heterocycles. The number of aliphatic carboxylic acids is 1. The van der Waals surface area contributed by atoms with Crippen molar-refractivity contribution in [1.29, 1.82) is 0 Å². The van der Waals surface area contributed by atoms with Crippen LogP contribution in [0, 0.1) is 0 Å². The van der Waals surface area contributed by atoms with E-state index in [2.05, 4.69) is 16.8 Å². The van der Waals surface area contributed by atoms with Gasteiger partial charge in [0.15, 0.2) is 0 Å². The number of carbonyl (C=O) groups is 3. The van der Waals surface area contributed by atoms with E-state index in [0.717, 1.165) is 16.5 Å². The van der Waals surface area contributed by atoms with Crippen molar-refractivity contribution >= 4 is 28.7 Å². The van der Waals surface area contributed by atoms with E-state index in [1.54, 1.807) is 37.1 Å². The number of benzene rings is 1. The largest absolute Gasteiger partial charge is 0.481 e. The molecular weight excluding hydrogens is 420 g/mol. The first-order valence-electron chi connectivity index (χ1n) is 10.9. The topological polar surface area (TPSA) is 107 Å². The van der Waals surface area contributed by atoms with E-state index in [4.69, 9.17) is 0 Å². The molecule has 1 aliphatic rings. The molecule has 1 aromatic heterocycles. The molecule has 174 valence electrons. The van der Waals surface area contributed by atoms with Crippen molar-refractivity contribution in [1.82, 2.24) is 20.0 Å². The maximum absolute atomic E-state index is 13.7. The first kappa shape index (κ1) is 24.0. The number of nitrogens with zero attached hydrogens (tertiary/aromatic N) is 3. The summed E-state index contributed by atoms with van der Waals surface area (Å²) in [4.78, 5) is 41.2. The first-order chi connectivity index (χ1) is 15.7. The molecule has 1 aromatic carbocycles. The van der Waals surface area contributed by atoms with Crippen LogP contribution in [0.5, 0.6) is 0 Å². The Morgan fingerprint density at radius 2 is 2.09 bits per heavy atom. The minimum absolute atomic E-state index is 0.0502. The summed E-state index contributed by atoms with van der Waals surface area (Å²) in [5.41, 5.74) is 1.68. The van der Waals surface area contributed by atoms with Crippen LogP contribution in [0.2, 0.25) is 0 Å². The molecule has 2 N–H and O–H groups in total. The average molecular weight is 451 g/mol. The fourth-order valence-electron chi connectivity index (χ4n) is 4.12. The molecule has 1 atom stereocenters. The lowest BCUT2D eigenvalue weighted by Gasteiger charge is -2.51. The fraction of sp³-hybridized carbons (Fsp3) is 0.360. The Labute approximate surface area is 193 Å². The highest BCUT2D eigenvalue weighted by molar-refractivity contribution is 6.03. The third-order valence-electron chi connectivity index (χ3n) is 6.12. The van der Waals surface area contributed by atoms with E-state index < -0.39 is 11.5 Å². The van der Waals surface area contributed by atoms with Gasteiger partial charge in [0.2, 0.25) is 5.91 Å². The molecule has 0 spiro atoms. The van der Waals surface area contributed by atoms with Gasteiger partial charge >= 0.3 is 5.97 Å². The van der Waals surface area contributed by atoms with Crippen LogP contribution in [0.15, 0.2) is 60.3 Å². The molecule has 1 unspecified atom stereocenters. The van der Waals surface area contributed by atoms with Gasteiger partial charge in [-0.25, -0.2) is 0 Å². The zero-order valence-electron chi connectivity index (χ0n) is 19.3. The molecule has 0 saturated carbocycles. The summed E-state index contributed by atoms with van der Waals surface area (Å²) in [6.45, 7) is 10.1. The standard InChI is InChI=1S/C25H30N4O4/c1-5-7-17(3)20(6-2)23(32)29-13-11-25(29,4)24(33)28(12-10-22(30)31)16-18-8-9-19-15-26-27-21(19)14-18/h5-9,14-15H,3,10-13,16H2,1-2,4H3,(H,26,27)(H,30,31)/b7-5-,20-6+. The van der Waals surface area contributed by atoms with Crippen molar-refractivity contribution in [3.63, 3.8) is 0 Å². The predicted octanol–water partition coefficient (Wildman–Crippen LogP) is 3.44. The lowest BCUT2D eigenvalue weighted by Crippen LogP contribution is -2.68. The molecule has 3 rings (SSSR count). The van der Waals surface area contributed by atoms with Gasteiger partial charge in [0.25, 0.3) is 5.91 Å². The van der Waals surface area contributed by atoms with E-state index >= 15 is 0 Å². The molecule has 1 aliphatic heterocycles. The minimum atomic E-state index is -1.04. The summed E-state index contributed by atoms with van der Waals surface area (Å²) < 4.78 is 0. The summed E-state index contributed by atoms with van der Waals surface area (Å²) >= 11 is 0. The van der Waals surface area contributed by atoms with Crippen molar-refractivity contribution in [2.24, 2.45) is 0 Å². The predicted molar refractivity (Wildman–Crippen MR) is 126 cm³/mol. The normalized spacial score (nSPS) is 18.4. The van der Waals surface area contributed by atoms with Crippen LogP contribution in [0.3, 0.4) is 0 Å². The summed E-state index contributed by atoms with van der Waals surface area (Å²) in [5, 5.41) is 17.1. The summed E-state index contributed by atoms with van der Waals surface area (Å²) in [6, 6.07) is 5.69. The molecule has 33 heavy (non-hydrogen) atoms. The minimum Gasteiger partial charge on any atom is -0.481 e. The van der Waals surface area contributed by atoms with E-state index in [-0.39, 0.29) is 31.3 Å². The van der Waals surface area contributed by atoms with Crippen LogP contribution in [0.4, 0.5) is 0 Å². The van der Waals surface area contributed by atoms with Crippen LogP contribution >= 0.6 is 0 Å². The van der Waals surface area contributed by atoms with Crippen LogP contribution in [-0.2, 0) is 20.9 Å². The Kier molecular flexibility index (Phi) is 7.16. The van der Waals surface area contributed by atoms with Crippen LogP contribution in [0.25, 0.3) is 10.9 Å². The smallest absolute Gasteiger partial charge is 0.305 e. The zero-order chi connectivity index (χ0) is 24.2. The SMILES string of the molecule is C=C(/C=C\C)/C(=C\C)C(=O)N1CCC1(C)C(=O)N(CCC(=O)O)Cc1ccc2cn[nH]c2c1. The number of aromatic amines is 1. The lowest BCUT2D eigenvalue weighted by molar-refractivity contribution is -0.162. The average Bonchev–Trinajstić information content (AvgIpc) is 3.23. The van der Waals surface area contributed by atoms with Crippen LogP contribution in [0.1, 0.15) is 39.2 Å². The molecule has 2 amide bonds. The summed E-state index contributed by atoms with van der Waals surface area (Å²) in [6.07, 6.45) is 7.32. The molecule has 0 radical (unpaired) electrons. The van der Waals surface area contributed by atoms with Gasteiger partial charge in [-0.15, -0.1) is 0 Å². The Morgan fingerprint density at radius 3 is 2.70 bits per heavy atom. The quantitative estimate of drug-likeness (QED) is 0.450. The van der Waals surface area contributed by atoms with Crippen LogP contribution < -0.4 is 0 Å². The number of rotatable bonds is 9. The number of likely N-dealkylation sites (tertiary alicyclic amines) is 1. The summed E-state index contributed by atoms with van der Waals surface area (Å²) in [5.74, 6) is -1.50. The number of carbonyl (C=O) groups excluding carboxylic acids is 2. The second-order valence-electron chi connectivity index (χ2n) is 8.37. The van der Waals surface area contributed by atoms with Crippen LogP contribution in [-0.4, -0.2) is 61.5 Å². The van der Waals surface area contributed by atoms with Crippen molar-refractivity contribution in [3.8, 4) is 0 Å². The number of nitrogens with one attached hydrogen (secondary N) is 1. The molecule has 2 heterocycles. The highest BCUT2D eigenvalue weighted by atomic mass is 16.4. The number of carboxylic acid groups (broad SMARTS) is 1. The molecular formula is C25H30N4O4.